The first-order valence-corrected chi connectivity index (χ1v) is 6.52. The number of methoxy groups -OCH3 is 1. The summed E-state index contributed by atoms with van der Waals surface area (Å²) in [5, 5.41) is 6.52. The summed E-state index contributed by atoms with van der Waals surface area (Å²) in [5.74, 6) is 0.860. The minimum absolute atomic E-state index is 0. The van der Waals surface area contributed by atoms with Gasteiger partial charge in [-0.25, -0.2) is 0 Å². The van der Waals surface area contributed by atoms with E-state index >= 15 is 0 Å². The molecule has 0 saturated carbocycles. The first kappa shape index (κ1) is 17.9. The number of hydrogen-bond donors (Lipinski definition) is 2. The third-order valence-electron chi connectivity index (χ3n) is 2.99. The summed E-state index contributed by atoms with van der Waals surface area (Å²) in [6.45, 7) is 6.04. The SMILES string of the molecule is CN=C(NCCOC)NCCN1CCCCC1.I. The molecule has 0 amide bonds. The molecule has 1 saturated heterocycles. The molecule has 0 aromatic carbocycles. The Morgan fingerprint density at radius 2 is 1.83 bits per heavy atom. The predicted octanol–water partition coefficient (Wildman–Crippen LogP) is 0.902. The van der Waals surface area contributed by atoms with Crippen LogP contribution in [0.5, 0.6) is 0 Å². The van der Waals surface area contributed by atoms with E-state index in [1.807, 2.05) is 0 Å². The average molecular weight is 370 g/mol. The fourth-order valence-electron chi connectivity index (χ4n) is 2.01. The molecule has 0 aromatic heterocycles. The molecule has 0 radical (unpaired) electrons. The number of nitrogens with zero attached hydrogens (tertiary/aromatic N) is 2. The van der Waals surface area contributed by atoms with Crippen LogP contribution in [0.15, 0.2) is 4.99 Å². The van der Waals surface area contributed by atoms with Crippen molar-refractivity contribution in [3.63, 3.8) is 0 Å². The summed E-state index contributed by atoms with van der Waals surface area (Å²) in [6.07, 6.45) is 4.09. The van der Waals surface area contributed by atoms with E-state index in [1.165, 1.54) is 32.4 Å². The quantitative estimate of drug-likeness (QED) is 0.316. The maximum absolute atomic E-state index is 4.98. The van der Waals surface area contributed by atoms with Crippen LogP contribution in [0.2, 0.25) is 0 Å². The van der Waals surface area contributed by atoms with E-state index in [2.05, 4.69) is 20.5 Å². The number of nitrogens with one attached hydrogen (secondary N) is 2. The van der Waals surface area contributed by atoms with Crippen LogP contribution in [-0.4, -0.2) is 64.3 Å². The van der Waals surface area contributed by atoms with Crippen molar-refractivity contribution < 1.29 is 4.74 Å². The van der Waals surface area contributed by atoms with Crippen LogP contribution in [0, 0.1) is 0 Å². The molecule has 1 rings (SSSR count). The van der Waals surface area contributed by atoms with Crippen molar-refractivity contribution in [2.24, 2.45) is 4.99 Å². The number of piperidine rings is 1. The Balaban J connectivity index is 0.00000289. The van der Waals surface area contributed by atoms with Gasteiger partial charge in [0.1, 0.15) is 0 Å². The van der Waals surface area contributed by atoms with Crippen molar-refractivity contribution in [2.75, 3.05) is 53.5 Å². The van der Waals surface area contributed by atoms with E-state index in [1.54, 1.807) is 14.2 Å². The normalized spacial score (nSPS) is 17.1. The average Bonchev–Trinajstić information content (AvgIpc) is 2.38. The van der Waals surface area contributed by atoms with Gasteiger partial charge in [-0.3, -0.25) is 4.99 Å². The molecule has 108 valence electrons. The largest absolute Gasteiger partial charge is 0.383 e. The van der Waals surface area contributed by atoms with Gasteiger partial charge in [0.2, 0.25) is 0 Å². The Labute approximate surface area is 128 Å². The highest BCUT2D eigenvalue weighted by molar-refractivity contribution is 14.0. The maximum Gasteiger partial charge on any atom is 0.191 e. The van der Waals surface area contributed by atoms with Crippen LogP contribution in [0.25, 0.3) is 0 Å². The standard InChI is InChI=1S/C12H26N4O.HI/c1-13-12(15-7-11-17-2)14-6-10-16-8-4-3-5-9-16;/h3-11H2,1-2H3,(H2,13,14,15);1H. The summed E-state index contributed by atoms with van der Waals surface area (Å²) in [5.41, 5.74) is 0. The molecule has 1 fully saturated rings. The third-order valence-corrected chi connectivity index (χ3v) is 2.99. The first-order valence-electron chi connectivity index (χ1n) is 6.52. The van der Waals surface area contributed by atoms with Gasteiger partial charge < -0.3 is 20.3 Å². The molecule has 0 bridgehead atoms. The summed E-state index contributed by atoms with van der Waals surface area (Å²) >= 11 is 0. The van der Waals surface area contributed by atoms with Crippen LogP contribution in [0.4, 0.5) is 0 Å². The zero-order valence-electron chi connectivity index (χ0n) is 11.6. The van der Waals surface area contributed by atoms with Crippen molar-refractivity contribution >= 4 is 29.9 Å². The van der Waals surface area contributed by atoms with Crippen molar-refractivity contribution in [3.05, 3.63) is 0 Å². The van der Waals surface area contributed by atoms with Crippen LogP contribution >= 0.6 is 24.0 Å². The number of aliphatic imine (C=N–C) groups is 1. The van der Waals surface area contributed by atoms with Crippen LogP contribution in [0.1, 0.15) is 19.3 Å². The molecular formula is C12H27IN4O. The lowest BCUT2D eigenvalue weighted by atomic mass is 10.1. The van der Waals surface area contributed by atoms with Gasteiger partial charge in [-0.1, -0.05) is 6.42 Å². The Hall–Kier alpha value is -0.0800. The zero-order chi connectivity index (χ0) is 12.3. The number of rotatable bonds is 6. The maximum atomic E-state index is 4.98. The van der Waals surface area contributed by atoms with Crippen molar-refractivity contribution in [1.82, 2.24) is 15.5 Å². The number of halogens is 1. The van der Waals surface area contributed by atoms with Gasteiger partial charge in [-0.2, -0.15) is 0 Å². The topological polar surface area (TPSA) is 48.9 Å². The molecular weight excluding hydrogens is 343 g/mol. The predicted molar refractivity (Wildman–Crippen MR) is 86.9 cm³/mol. The Morgan fingerprint density at radius 3 is 2.44 bits per heavy atom. The highest BCUT2D eigenvalue weighted by Gasteiger charge is 2.09. The fraction of sp³-hybridized carbons (Fsp3) is 0.917. The van der Waals surface area contributed by atoms with Crippen molar-refractivity contribution in [1.29, 1.82) is 0 Å². The lowest BCUT2D eigenvalue weighted by molar-refractivity contribution is 0.203. The van der Waals surface area contributed by atoms with E-state index in [0.29, 0.717) is 6.61 Å². The van der Waals surface area contributed by atoms with E-state index < -0.39 is 0 Å². The molecule has 0 aromatic rings. The fourth-order valence-corrected chi connectivity index (χ4v) is 2.01. The Kier molecular flexibility index (Phi) is 11.9. The molecule has 0 aliphatic carbocycles. The van der Waals surface area contributed by atoms with Crippen LogP contribution in [-0.2, 0) is 4.74 Å². The Morgan fingerprint density at radius 1 is 1.17 bits per heavy atom. The minimum atomic E-state index is 0. The smallest absolute Gasteiger partial charge is 0.191 e. The summed E-state index contributed by atoms with van der Waals surface area (Å²) in [6, 6.07) is 0. The lowest BCUT2D eigenvalue weighted by Gasteiger charge is -2.26. The van der Waals surface area contributed by atoms with Gasteiger partial charge >= 0.3 is 0 Å². The second-order valence-corrected chi connectivity index (χ2v) is 4.32. The lowest BCUT2D eigenvalue weighted by Crippen LogP contribution is -2.43. The van der Waals surface area contributed by atoms with E-state index in [4.69, 9.17) is 4.74 Å². The molecule has 6 heteroatoms. The van der Waals surface area contributed by atoms with Crippen molar-refractivity contribution in [3.8, 4) is 0 Å². The molecule has 1 heterocycles. The molecule has 18 heavy (non-hydrogen) atoms. The molecule has 2 N–H and O–H groups in total. The van der Waals surface area contributed by atoms with Gasteiger partial charge in [0.15, 0.2) is 5.96 Å². The molecule has 1 aliphatic heterocycles. The second kappa shape index (κ2) is 12.0. The zero-order valence-corrected chi connectivity index (χ0v) is 13.9. The van der Waals surface area contributed by atoms with Gasteiger partial charge in [0, 0.05) is 33.8 Å². The summed E-state index contributed by atoms with van der Waals surface area (Å²) in [7, 11) is 3.50. The van der Waals surface area contributed by atoms with E-state index in [9.17, 15) is 0 Å². The minimum Gasteiger partial charge on any atom is -0.383 e. The van der Waals surface area contributed by atoms with Gasteiger partial charge in [0.05, 0.1) is 6.61 Å². The number of hydrogen-bond acceptors (Lipinski definition) is 3. The third kappa shape index (κ3) is 8.10. The van der Waals surface area contributed by atoms with Gasteiger partial charge in [-0.15, -0.1) is 24.0 Å². The summed E-state index contributed by atoms with van der Waals surface area (Å²) in [4.78, 5) is 6.68. The second-order valence-electron chi connectivity index (χ2n) is 4.32. The number of likely N-dealkylation sites (tertiary alicyclic amines) is 1. The molecule has 0 unspecified atom stereocenters. The number of ether oxygens (including phenoxy) is 1. The molecule has 1 aliphatic rings. The Bertz CT molecular complexity index is 220. The first-order chi connectivity index (χ1) is 8.36. The van der Waals surface area contributed by atoms with E-state index in [-0.39, 0.29) is 24.0 Å². The highest BCUT2D eigenvalue weighted by Crippen LogP contribution is 2.07. The van der Waals surface area contributed by atoms with Crippen LogP contribution in [0.3, 0.4) is 0 Å². The van der Waals surface area contributed by atoms with Crippen LogP contribution < -0.4 is 10.6 Å². The summed E-state index contributed by atoms with van der Waals surface area (Å²) < 4.78 is 4.98. The monoisotopic (exact) mass is 370 g/mol. The van der Waals surface area contributed by atoms with E-state index in [0.717, 1.165) is 25.6 Å². The molecule has 0 atom stereocenters. The van der Waals surface area contributed by atoms with Crippen molar-refractivity contribution in [2.45, 2.75) is 19.3 Å². The highest BCUT2D eigenvalue weighted by atomic mass is 127. The van der Waals surface area contributed by atoms with Gasteiger partial charge in [-0.05, 0) is 25.9 Å². The number of guanidine groups is 1. The molecule has 0 spiro atoms. The van der Waals surface area contributed by atoms with Gasteiger partial charge in [0.25, 0.3) is 0 Å². The molecule has 5 nitrogen and oxygen atoms in total.